The minimum Gasteiger partial charge on any atom is -0.310 e. The predicted octanol–water partition coefficient (Wildman–Crippen LogP) is 3.22. The van der Waals surface area contributed by atoms with Gasteiger partial charge in [0.2, 0.25) is 0 Å². The molecule has 1 N–H and O–H groups in total. The zero-order chi connectivity index (χ0) is 13.8. The van der Waals surface area contributed by atoms with Crippen LogP contribution in [0.3, 0.4) is 0 Å². The van der Waals surface area contributed by atoms with Crippen molar-refractivity contribution in [2.75, 3.05) is 6.54 Å². The number of aryl methyl sites for hydroxylation is 1. The van der Waals surface area contributed by atoms with Crippen LogP contribution < -0.4 is 5.32 Å². The first-order valence-corrected chi connectivity index (χ1v) is 7.05. The van der Waals surface area contributed by atoms with Gasteiger partial charge in [-0.1, -0.05) is 28.9 Å². The number of halogens is 2. The highest BCUT2D eigenvalue weighted by atomic mass is 79.9. The molecule has 1 aromatic carbocycles. The number of hydrogen-bond acceptors (Lipinski definition) is 2. The topological polar surface area (TPSA) is 29.9 Å². The van der Waals surface area contributed by atoms with Gasteiger partial charge in [-0.3, -0.25) is 4.68 Å². The van der Waals surface area contributed by atoms with E-state index in [0.717, 1.165) is 28.6 Å². The van der Waals surface area contributed by atoms with E-state index in [1.807, 2.05) is 25.5 Å². The number of benzene rings is 1. The zero-order valence-corrected chi connectivity index (χ0v) is 12.6. The molecule has 1 aromatic heterocycles. The van der Waals surface area contributed by atoms with Crippen LogP contribution in [0.4, 0.5) is 4.39 Å². The Balaban J connectivity index is 2.23. The van der Waals surface area contributed by atoms with Gasteiger partial charge in [0.25, 0.3) is 0 Å². The quantitative estimate of drug-likeness (QED) is 0.914. The van der Waals surface area contributed by atoms with Crippen LogP contribution in [0.25, 0.3) is 0 Å². The summed E-state index contributed by atoms with van der Waals surface area (Å²) >= 11 is 3.44. The van der Waals surface area contributed by atoms with Gasteiger partial charge in [-0.05, 0) is 36.2 Å². The standard InChI is InChI=1S/C14H17BrFN3/c1-3-17-14(6-10-8-18-19(2)9-10)12-5-4-11(16)7-13(12)15/h4-5,7-9,14,17H,3,6H2,1-2H3. The molecule has 0 aliphatic rings. The summed E-state index contributed by atoms with van der Waals surface area (Å²) in [6.07, 6.45) is 4.69. The molecule has 5 heteroatoms. The van der Waals surface area contributed by atoms with E-state index in [1.165, 1.54) is 12.1 Å². The summed E-state index contributed by atoms with van der Waals surface area (Å²) in [6.45, 7) is 2.92. The molecular formula is C14H17BrFN3. The normalized spacial score (nSPS) is 12.6. The van der Waals surface area contributed by atoms with Crippen LogP contribution in [0.5, 0.6) is 0 Å². The van der Waals surface area contributed by atoms with Crippen LogP contribution in [-0.4, -0.2) is 16.3 Å². The van der Waals surface area contributed by atoms with E-state index < -0.39 is 0 Å². The maximum atomic E-state index is 13.2. The second-order valence-electron chi connectivity index (χ2n) is 4.50. The van der Waals surface area contributed by atoms with Crippen LogP contribution in [0, 0.1) is 5.82 Å². The molecule has 0 saturated heterocycles. The Kier molecular flexibility index (Phi) is 4.71. The van der Waals surface area contributed by atoms with Crippen molar-refractivity contribution in [3.63, 3.8) is 0 Å². The van der Waals surface area contributed by atoms with Gasteiger partial charge >= 0.3 is 0 Å². The molecule has 3 nitrogen and oxygen atoms in total. The number of rotatable bonds is 5. The van der Waals surface area contributed by atoms with Gasteiger partial charge in [-0.15, -0.1) is 0 Å². The maximum absolute atomic E-state index is 13.2. The first-order chi connectivity index (χ1) is 9.10. The molecule has 0 fully saturated rings. The zero-order valence-electron chi connectivity index (χ0n) is 11.0. The predicted molar refractivity (Wildman–Crippen MR) is 77.4 cm³/mol. The van der Waals surface area contributed by atoms with Crippen molar-refractivity contribution in [3.8, 4) is 0 Å². The van der Waals surface area contributed by atoms with Gasteiger partial charge in [0.1, 0.15) is 5.82 Å². The van der Waals surface area contributed by atoms with E-state index in [1.54, 1.807) is 4.68 Å². The van der Waals surface area contributed by atoms with Crippen molar-refractivity contribution in [2.24, 2.45) is 7.05 Å². The second kappa shape index (κ2) is 6.30. The second-order valence-corrected chi connectivity index (χ2v) is 5.36. The van der Waals surface area contributed by atoms with Gasteiger partial charge in [-0.25, -0.2) is 4.39 Å². The van der Waals surface area contributed by atoms with E-state index in [2.05, 4.69) is 33.3 Å². The highest BCUT2D eigenvalue weighted by Gasteiger charge is 2.15. The summed E-state index contributed by atoms with van der Waals surface area (Å²) in [4.78, 5) is 0. The first kappa shape index (κ1) is 14.2. The maximum Gasteiger partial charge on any atom is 0.124 e. The summed E-state index contributed by atoms with van der Waals surface area (Å²) in [7, 11) is 1.90. The van der Waals surface area contributed by atoms with E-state index >= 15 is 0 Å². The lowest BCUT2D eigenvalue weighted by atomic mass is 10.0. The van der Waals surface area contributed by atoms with Gasteiger partial charge in [0, 0.05) is 23.8 Å². The Morgan fingerprint density at radius 3 is 2.84 bits per heavy atom. The van der Waals surface area contributed by atoms with Gasteiger partial charge in [0.05, 0.1) is 6.20 Å². The van der Waals surface area contributed by atoms with Crippen molar-refractivity contribution in [1.82, 2.24) is 15.1 Å². The molecule has 0 radical (unpaired) electrons. The average Bonchev–Trinajstić information content (AvgIpc) is 2.74. The van der Waals surface area contributed by atoms with Gasteiger partial charge < -0.3 is 5.32 Å². The van der Waals surface area contributed by atoms with Crippen molar-refractivity contribution in [2.45, 2.75) is 19.4 Å². The number of likely N-dealkylation sites (N-methyl/N-ethyl adjacent to an activating group) is 1. The van der Waals surface area contributed by atoms with Gasteiger partial charge in [0.15, 0.2) is 0 Å². The fourth-order valence-electron chi connectivity index (χ4n) is 2.14. The molecule has 19 heavy (non-hydrogen) atoms. The molecule has 0 aliphatic heterocycles. The molecule has 2 aromatic rings. The highest BCUT2D eigenvalue weighted by molar-refractivity contribution is 9.10. The molecule has 1 unspecified atom stereocenters. The molecule has 0 spiro atoms. The third kappa shape index (κ3) is 3.64. The van der Waals surface area contributed by atoms with Crippen LogP contribution in [0.15, 0.2) is 35.1 Å². The van der Waals surface area contributed by atoms with Crippen molar-refractivity contribution >= 4 is 15.9 Å². The fourth-order valence-corrected chi connectivity index (χ4v) is 2.76. The number of hydrogen-bond donors (Lipinski definition) is 1. The Hall–Kier alpha value is -1.20. The van der Waals surface area contributed by atoms with Crippen LogP contribution >= 0.6 is 15.9 Å². The minimum absolute atomic E-state index is 0.143. The molecule has 1 heterocycles. The molecule has 2 rings (SSSR count). The third-order valence-electron chi connectivity index (χ3n) is 2.99. The highest BCUT2D eigenvalue weighted by Crippen LogP contribution is 2.26. The SMILES string of the molecule is CCNC(Cc1cnn(C)c1)c1ccc(F)cc1Br. The monoisotopic (exact) mass is 325 g/mol. The first-order valence-electron chi connectivity index (χ1n) is 6.26. The smallest absolute Gasteiger partial charge is 0.124 e. The third-order valence-corrected chi connectivity index (χ3v) is 3.67. The van der Waals surface area contributed by atoms with E-state index in [-0.39, 0.29) is 11.9 Å². The largest absolute Gasteiger partial charge is 0.310 e. The van der Waals surface area contributed by atoms with E-state index in [9.17, 15) is 4.39 Å². The van der Waals surface area contributed by atoms with Crippen molar-refractivity contribution in [3.05, 3.63) is 52.0 Å². The lowest BCUT2D eigenvalue weighted by molar-refractivity contribution is 0.545. The molecule has 0 aliphatic carbocycles. The fraction of sp³-hybridized carbons (Fsp3) is 0.357. The molecule has 0 saturated carbocycles. The summed E-state index contributed by atoms with van der Waals surface area (Å²) in [5.74, 6) is -0.229. The minimum atomic E-state index is -0.229. The lowest BCUT2D eigenvalue weighted by Gasteiger charge is -2.19. The lowest BCUT2D eigenvalue weighted by Crippen LogP contribution is -2.23. The molecule has 0 amide bonds. The van der Waals surface area contributed by atoms with Crippen molar-refractivity contribution < 1.29 is 4.39 Å². The summed E-state index contributed by atoms with van der Waals surface area (Å²) in [6, 6.07) is 4.96. The Bertz CT molecular complexity index is 553. The summed E-state index contributed by atoms with van der Waals surface area (Å²) in [5.41, 5.74) is 2.22. The Morgan fingerprint density at radius 2 is 2.26 bits per heavy atom. The van der Waals surface area contributed by atoms with Gasteiger partial charge in [-0.2, -0.15) is 5.10 Å². The Labute approximate surface area is 121 Å². The summed E-state index contributed by atoms with van der Waals surface area (Å²) in [5, 5.41) is 7.60. The summed E-state index contributed by atoms with van der Waals surface area (Å²) < 4.78 is 15.7. The molecule has 1 atom stereocenters. The van der Waals surface area contributed by atoms with Crippen LogP contribution in [-0.2, 0) is 13.5 Å². The van der Waals surface area contributed by atoms with Crippen molar-refractivity contribution in [1.29, 1.82) is 0 Å². The van der Waals surface area contributed by atoms with E-state index in [0.29, 0.717) is 0 Å². The molecule has 0 bridgehead atoms. The number of nitrogens with zero attached hydrogens (tertiary/aromatic N) is 2. The number of nitrogens with one attached hydrogen (secondary N) is 1. The number of aromatic nitrogens is 2. The molecular weight excluding hydrogens is 309 g/mol. The Morgan fingerprint density at radius 1 is 1.47 bits per heavy atom. The van der Waals surface area contributed by atoms with Crippen LogP contribution in [0.2, 0.25) is 0 Å². The molecule has 102 valence electrons. The average molecular weight is 326 g/mol. The van der Waals surface area contributed by atoms with Crippen LogP contribution in [0.1, 0.15) is 24.1 Å². The van der Waals surface area contributed by atoms with E-state index in [4.69, 9.17) is 0 Å².